The molecule has 0 aromatic heterocycles. The van der Waals surface area contributed by atoms with Gasteiger partial charge in [0.2, 0.25) is 0 Å². The van der Waals surface area contributed by atoms with Gasteiger partial charge in [0.15, 0.2) is 0 Å². The van der Waals surface area contributed by atoms with Gasteiger partial charge >= 0.3 is 0 Å². The lowest BCUT2D eigenvalue weighted by Gasteiger charge is -2.52. The van der Waals surface area contributed by atoms with E-state index in [1.54, 1.807) is 14.2 Å². The summed E-state index contributed by atoms with van der Waals surface area (Å²) in [5.41, 5.74) is 1.24. The highest BCUT2D eigenvalue weighted by Gasteiger charge is 2.45. The third-order valence-corrected chi connectivity index (χ3v) is 5.15. The highest BCUT2D eigenvalue weighted by molar-refractivity contribution is 5.11. The molecule has 152 valence electrons. The minimum Gasteiger partial charge on any atom is -0.388 e. The lowest BCUT2D eigenvalue weighted by atomic mass is 9.53. The Morgan fingerprint density at radius 3 is 0.833 bits per heavy atom. The molecule has 3 heteroatoms. The van der Waals surface area contributed by atoms with Gasteiger partial charge in [-0.1, -0.05) is 95.9 Å². The van der Waals surface area contributed by atoms with E-state index in [0.717, 1.165) is 0 Å². The first kappa shape index (κ1) is 38.7. The third kappa shape index (κ3) is 16.2. The van der Waals surface area contributed by atoms with Gasteiger partial charge in [-0.15, -0.1) is 0 Å². The zero-order valence-corrected chi connectivity index (χ0v) is 19.6. The van der Waals surface area contributed by atoms with Gasteiger partial charge in [-0.3, -0.25) is 0 Å². The van der Waals surface area contributed by atoms with Crippen LogP contribution in [0.15, 0.2) is 0 Å². The fourth-order valence-corrected chi connectivity index (χ4v) is 1.80. The molecule has 0 unspecified atom stereocenters. The van der Waals surface area contributed by atoms with Gasteiger partial charge in [0.1, 0.15) is 13.6 Å². The summed E-state index contributed by atoms with van der Waals surface area (Å²) >= 11 is 0. The van der Waals surface area contributed by atoms with Crippen LogP contribution in [0, 0.1) is 16.2 Å². The standard InChI is InChI=1S/C13H28.C2H6O.2C2H6.2CH2O/c1-9-11(3,4)13(7,8)12(5,6)10-2;1-3-2;4*1-2/h9-10H2,1-8H3;1-2H3;2*1-2H3;2*1H2. The number of carbonyl (C=O) groups is 2. The van der Waals surface area contributed by atoms with Crippen molar-refractivity contribution in [1.29, 1.82) is 0 Å². The molecule has 0 amide bonds. The Morgan fingerprint density at radius 1 is 0.625 bits per heavy atom. The Hall–Kier alpha value is -0.700. The van der Waals surface area contributed by atoms with E-state index in [0.29, 0.717) is 16.2 Å². The molecule has 0 rings (SSSR count). The second-order valence-corrected chi connectivity index (χ2v) is 6.51. The first-order valence-corrected chi connectivity index (χ1v) is 9.02. The van der Waals surface area contributed by atoms with Crippen LogP contribution in [-0.4, -0.2) is 27.8 Å². The molecule has 24 heavy (non-hydrogen) atoms. The molecule has 0 aliphatic rings. The van der Waals surface area contributed by atoms with Crippen molar-refractivity contribution >= 4 is 13.6 Å². The highest BCUT2D eigenvalue weighted by Crippen LogP contribution is 2.54. The minimum atomic E-state index is 0.392. The van der Waals surface area contributed by atoms with Crippen LogP contribution in [-0.2, 0) is 14.3 Å². The molecule has 0 radical (unpaired) electrons. The van der Waals surface area contributed by atoms with E-state index in [1.165, 1.54) is 12.8 Å². The van der Waals surface area contributed by atoms with Crippen molar-refractivity contribution in [3.63, 3.8) is 0 Å². The minimum absolute atomic E-state index is 0.392. The van der Waals surface area contributed by atoms with Crippen LogP contribution in [0.3, 0.4) is 0 Å². The number of hydrogen-bond donors (Lipinski definition) is 0. The van der Waals surface area contributed by atoms with Gasteiger partial charge in [0.05, 0.1) is 0 Å². The van der Waals surface area contributed by atoms with Crippen molar-refractivity contribution in [3.05, 3.63) is 0 Å². The number of hydrogen-bond acceptors (Lipinski definition) is 3. The van der Waals surface area contributed by atoms with E-state index in [9.17, 15) is 0 Å². The summed E-state index contributed by atoms with van der Waals surface area (Å²) in [6.07, 6.45) is 2.51. The third-order valence-electron chi connectivity index (χ3n) is 5.15. The summed E-state index contributed by atoms with van der Waals surface area (Å²) in [5.74, 6) is 0. The molecule has 3 nitrogen and oxygen atoms in total. The van der Waals surface area contributed by atoms with Gasteiger partial charge < -0.3 is 14.3 Å². The van der Waals surface area contributed by atoms with Crippen molar-refractivity contribution in [2.45, 2.75) is 95.9 Å². The predicted octanol–water partition coefficient (Wildman–Crippen LogP) is 6.83. The van der Waals surface area contributed by atoms with Gasteiger partial charge in [-0.25, -0.2) is 0 Å². The maximum atomic E-state index is 8.00. The Balaban J connectivity index is -0.0000000616. The summed E-state index contributed by atoms with van der Waals surface area (Å²) in [6.45, 7) is 31.0. The van der Waals surface area contributed by atoms with Crippen LogP contribution in [0.2, 0.25) is 0 Å². The average molecular weight is 351 g/mol. The van der Waals surface area contributed by atoms with E-state index in [1.807, 2.05) is 41.3 Å². The second kappa shape index (κ2) is 24.6. The SMILES string of the molecule is C=O.C=O.CC.CC.CCC(C)(C)C(C)(C)C(C)(C)CC.COC. The Bertz CT molecular complexity index is 189. The van der Waals surface area contributed by atoms with Crippen LogP contribution in [0.4, 0.5) is 0 Å². The van der Waals surface area contributed by atoms with Crippen LogP contribution < -0.4 is 0 Å². The number of carbonyl (C=O) groups excluding carboxylic acids is 2. The molecule has 0 saturated heterocycles. The Labute approximate surface area is 155 Å². The molecule has 0 aliphatic carbocycles. The summed E-state index contributed by atoms with van der Waals surface area (Å²) in [6, 6.07) is 0. The maximum Gasteiger partial charge on any atom is 0.106 e. The number of methoxy groups -OCH3 is 1. The van der Waals surface area contributed by atoms with Crippen molar-refractivity contribution < 1.29 is 14.3 Å². The largest absolute Gasteiger partial charge is 0.388 e. The highest BCUT2D eigenvalue weighted by atomic mass is 16.4. The van der Waals surface area contributed by atoms with E-state index in [4.69, 9.17) is 9.59 Å². The molecular formula is C21H50O3. The molecule has 0 bridgehead atoms. The van der Waals surface area contributed by atoms with Gasteiger partial charge in [0, 0.05) is 14.2 Å². The Kier molecular flexibility index (Phi) is 39.6. The topological polar surface area (TPSA) is 43.4 Å². The van der Waals surface area contributed by atoms with Crippen molar-refractivity contribution in [3.8, 4) is 0 Å². The van der Waals surface area contributed by atoms with Crippen LogP contribution in [0.5, 0.6) is 0 Å². The molecule has 0 spiro atoms. The molecule has 0 saturated carbocycles. The molecule has 0 aliphatic heterocycles. The van der Waals surface area contributed by atoms with Crippen LogP contribution >= 0.6 is 0 Å². The molecule has 0 N–H and O–H groups in total. The summed E-state index contributed by atoms with van der Waals surface area (Å²) in [7, 11) is 3.25. The number of rotatable bonds is 4. The van der Waals surface area contributed by atoms with E-state index in [-0.39, 0.29) is 0 Å². The first-order chi connectivity index (χ1) is 11.0. The lowest BCUT2D eigenvalue weighted by Crippen LogP contribution is -2.43. The summed E-state index contributed by atoms with van der Waals surface area (Å²) in [4.78, 5) is 16.0. The first-order valence-electron chi connectivity index (χ1n) is 9.02. The fraction of sp³-hybridized carbons (Fsp3) is 0.905. The van der Waals surface area contributed by atoms with E-state index >= 15 is 0 Å². The van der Waals surface area contributed by atoms with Crippen molar-refractivity contribution in [2.24, 2.45) is 16.2 Å². The molecule has 0 atom stereocenters. The normalized spacial score (nSPS) is 9.58. The maximum absolute atomic E-state index is 8.00. The average Bonchev–Trinajstić information content (AvgIpc) is 2.62. The van der Waals surface area contributed by atoms with Crippen LogP contribution in [0.1, 0.15) is 95.9 Å². The second-order valence-electron chi connectivity index (χ2n) is 6.51. The summed E-state index contributed by atoms with van der Waals surface area (Å²) in [5, 5.41) is 0. The van der Waals surface area contributed by atoms with Crippen LogP contribution in [0.25, 0.3) is 0 Å². The van der Waals surface area contributed by atoms with Gasteiger partial charge in [0.25, 0.3) is 0 Å². The number of ether oxygens (including phenoxy) is 1. The molecule has 0 aromatic rings. The summed E-state index contributed by atoms with van der Waals surface area (Å²) < 4.78 is 4.25. The smallest absolute Gasteiger partial charge is 0.106 e. The monoisotopic (exact) mass is 350 g/mol. The quantitative estimate of drug-likeness (QED) is 0.558. The molecule has 0 heterocycles. The molecule has 0 fully saturated rings. The predicted molar refractivity (Wildman–Crippen MR) is 112 cm³/mol. The zero-order chi connectivity index (χ0) is 21.6. The zero-order valence-electron chi connectivity index (χ0n) is 19.6. The van der Waals surface area contributed by atoms with E-state index in [2.05, 4.69) is 60.1 Å². The van der Waals surface area contributed by atoms with Gasteiger partial charge in [-0.2, -0.15) is 0 Å². The molecule has 0 aromatic carbocycles. The van der Waals surface area contributed by atoms with Gasteiger partial charge in [-0.05, 0) is 16.2 Å². The fourth-order valence-electron chi connectivity index (χ4n) is 1.80. The Morgan fingerprint density at radius 2 is 0.750 bits per heavy atom. The lowest BCUT2D eigenvalue weighted by molar-refractivity contribution is -0.0987. The van der Waals surface area contributed by atoms with Crippen molar-refractivity contribution in [2.75, 3.05) is 14.2 Å². The van der Waals surface area contributed by atoms with E-state index < -0.39 is 0 Å². The van der Waals surface area contributed by atoms with Crippen molar-refractivity contribution in [1.82, 2.24) is 0 Å². The molecular weight excluding hydrogens is 300 g/mol.